The summed E-state index contributed by atoms with van der Waals surface area (Å²) in [4.78, 5) is 59.5. The number of carbonyl (C=O) groups excluding carboxylic acids is 5. The molecule has 0 aliphatic carbocycles. The zero-order chi connectivity index (χ0) is 26.2. The van der Waals surface area contributed by atoms with Crippen molar-refractivity contribution in [3.8, 4) is 0 Å². The lowest BCUT2D eigenvalue weighted by molar-refractivity contribution is 0.0960. The van der Waals surface area contributed by atoms with Crippen LogP contribution in [0.2, 0.25) is 0 Å². The molecule has 0 heterocycles. The summed E-state index contributed by atoms with van der Waals surface area (Å²) in [7, 11) is 1.44. The van der Waals surface area contributed by atoms with Gasteiger partial charge in [-0.05, 0) is 66.7 Å². The lowest BCUT2D eigenvalue weighted by Gasteiger charge is -2.13. The largest absolute Gasteiger partial charge is 0.366 e. The molecular formula is C24H23N7O5. The normalized spacial score (nSPS) is 10.0. The fourth-order valence-corrected chi connectivity index (χ4v) is 3.07. The minimum atomic E-state index is -0.624. The Bertz CT molecular complexity index is 1230. The van der Waals surface area contributed by atoms with Crippen LogP contribution in [0.15, 0.2) is 66.7 Å². The number of nitrogens with one attached hydrogen (secondary N) is 5. The Labute approximate surface area is 205 Å². The highest BCUT2D eigenvalue weighted by molar-refractivity contribution is 6.05. The van der Waals surface area contributed by atoms with Gasteiger partial charge in [0.15, 0.2) is 0 Å². The predicted octanol–water partition coefficient (Wildman–Crippen LogP) is 2.53. The first-order valence-electron chi connectivity index (χ1n) is 10.5. The summed E-state index contributed by atoms with van der Waals surface area (Å²) in [6.07, 6.45) is 0. The molecule has 0 atom stereocenters. The van der Waals surface area contributed by atoms with E-state index < -0.39 is 29.8 Å². The van der Waals surface area contributed by atoms with Crippen LogP contribution in [0, 0.1) is 0 Å². The van der Waals surface area contributed by atoms with Crippen molar-refractivity contribution in [3.63, 3.8) is 0 Å². The highest BCUT2D eigenvalue weighted by Crippen LogP contribution is 2.21. The smallest absolute Gasteiger partial charge is 0.323 e. The average molecular weight is 489 g/mol. The van der Waals surface area contributed by atoms with Crippen molar-refractivity contribution < 1.29 is 24.0 Å². The van der Waals surface area contributed by atoms with Gasteiger partial charge in [0.1, 0.15) is 0 Å². The lowest BCUT2D eigenvalue weighted by Crippen LogP contribution is -2.23. The Balaban J connectivity index is 1.72. The van der Waals surface area contributed by atoms with Crippen LogP contribution < -0.4 is 38.1 Å². The number of nitrogens with two attached hydrogens (primary N) is 2. The topological polar surface area (TPSA) is 198 Å². The van der Waals surface area contributed by atoms with Gasteiger partial charge < -0.3 is 38.1 Å². The van der Waals surface area contributed by atoms with Crippen molar-refractivity contribution in [2.75, 3.05) is 28.3 Å². The molecular weight excluding hydrogens is 466 g/mol. The first-order chi connectivity index (χ1) is 17.1. The summed E-state index contributed by atoms with van der Waals surface area (Å²) in [5.41, 5.74) is 12.4. The fourth-order valence-electron chi connectivity index (χ4n) is 3.07. The molecule has 12 heteroatoms. The van der Waals surface area contributed by atoms with Crippen molar-refractivity contribution in [2.45, 2.75) is 0 Å². The van der Waals surface area contributed by atoms with Gasteiger partial charge in [0.2, 0.25) is 11.8 Å². The predicted molar refractivity (Wildman–Crippen MR) is 135 cm³/mol. The van der Waals surface area contributed by atoms with Crippen molar-refractivity contribution in [2.24, 2.45) is 11.5 Å². The Kier molecular flexibility index (Phi) is 7.82. The first-order valence-corrected chi connectivity index (χ1v) is 10.5. The second-order valence-corrected chi connectivity index (χ2v) is 7.42. The van der Waals surface area contributed by atoms with Crippen molar-refractivity contribution >= 4 is 52.5 Å². The van der Waals surface area contributed by atoms with E-state index in [-0.39, 0.29) is 28.1 Å². The molecule has 0 fully saturated rings. The summed E-state index contributed by atoms with van der Waals surface area (Å²) in [5, 5.41) is 12.8. The third-order valence-electron chi connectivity index (χ3n) is 4.79. The number of amides is 7. The van der Waals surface area contributed by atoms with Gasteiger partial charge in [0.25, 0.3) is 5.91 Å². The zero-order valence-electron chi connectivity index (χ0n) is 19.0. The SMILES string of the molecule is CNC(=O)c1cc(NC(=O)Nc2ccc(C(N)=O)cc2)cc(NC(=O)Nc2ccc(C(N)=O)cc2)c1. The van der Waals surface area contributed by atoms with Crippen molar-refractivity contribution in [1.29, 1.82) is 0 Å². The first kappa shape index (κ1) is 25.2. The van der Waals surface area contributed by atoms with Crippen LogP contribution in [0.1, 0.15) is 31.1 Å². The molecule has 0 aliphatic rings. The van der Waals surface area contributed by atoms with Gasteiger partial charge in [-0.25, -0.2) is 9.59 Å². The number of urea groups is 2. The zero-order valence-corrected chi connectivity index (χ0v) is 19.0. The lowest BCUT2D eigenvalue weighted by atomic mass is 10.1. The van der Waals surface area contributed by atoms with E-state index in [0.717, 1.165) is 0 Å². The van der Waals surface area contributed by atoms with E-state index >= 15 is 0 Å². The molecule has 3 aromatic carbocycles. The van der Waals surface area contributed by atoms with Gasteiger partial charge in [0, 0.05) is 46.5 Å². The van der Waals surface area contributed by atoms with Gasteiger partial charge in [-0.1, -0.05) is 0 Å². The van der Waals surface area contributed by atoms with E-state index in [4.69, 9.17) is 11.5 Å². The maximum absolute atomic E-state index is 12.5. The Morgan fingerprint density at radius 1 is 0.528 bits per heavy atom. The number of benzene rings is 3. The van der Waals surface area contributed by atoms with Crippen molar-refractivity contribution in [3.05, 3.63) is 83.4 Å². The van der Waals surface area contributed by atoms with Crippen molar-refractivity contribution in [1.82, 2.24) is 5.32 Å². The fraction of sp³-hybridized carbons (Fsp3) is 0.0417. The summed E-state index contributed by atoms with van der Waals surface area (Å²) in [6.45, 7) is 0. The molecule has 36 heavy (non-hydrogen) atoms. The second kappa shape index (κ2) is 11.2. The summed E-state index contributed by atoms with van der Waals surface area (Å²) >= 11 is 0. The standard InChI is InChI=1S/C24H23N7O5/c1-27-22(34)15-10-18(30-23(35)28-16-6-2-13(3-7-16)20(25)32)12-19(11-15)31-24(36)29-17-8-4-14(5-9-17)21(26)33/h2-12H,1H3,(H2,25,32)(H2,26,33)(H,27,34)(H2,28,30,35)(H2,29,31,36). The van der Waals surface area contributed by atoms with E-state index in [9.17, 15) is 24.0 Å². The number of hydrogen-bond donors (Lipinski definition) is 7. The third-order valence-corrected chi connectivity index (χ3v) is 4.79. The van der Waals surface area contributed by atoms with E-state index in [1.807, 2.05) is 0 Å². The maximum Gasteiger partial charge on any atom is 0.323 e. The molecule has 0 saturated carbocycles. The molecule has 3 rings (SSSR count). The van der Waals surface area contributed by atoms with Crippen LogP contribution in [0.5, 0.6) is 0 Å². The number of anilines is 4. The van der Waals surface area contributed by atoms with Crippen LogP contribution >= 0.6 is 0 Å². The highest BCUT2D eigenvalue weighted by Gasteiger charge is 2.12. The highest BCUT2D eigenvalue weighted by atomic mass is 16.2. The van der Waals surface area contributed by atoms with Gasteiger partial charge in [-0.15, -0.1) is 0 Å². The molecule has 184 valence electrons. The number of hydrogen-bond acceptors (Lipinski definition) is 5. The summed E-state index contributed by atoms with van der Waals surface area (Å²) < 4.78 is 0. The van der Waals surface area contributed by atoms with Gasteiger partial charge in [-0.2, -0.15) is 0 Å². The second-order valence-electron chi connectivity index (χ2n) is 7.42. The van der Waals surface area contributed by atoms with Gasteiger partial charge >= 0.3 is 12.1 Å². The van der Waals surface area contributed by atoms with Crippen LogP contribution in [0.4, 0.5) is 32.3 Å². The molecule has 0 spiro atoms. The Morgan fingerprint density at radius 2 is 0.889 bits per heavy atom. The van der Waals surface area contributed by atoms with Gasteiger partial charge in [-0.3, -0.25) is 14.4 Å². The number of rotatable bonds is 7. The molecule has 7 amide bonds. The molecule has 12 nitrogen and oxygen atoms in total. The molecule has 0 saturated heterocycles. The van der Waals surface area contributed by atoms with Crippen LogP contribution in [0.25, 0.3) is 0 Å². The summed E-state index contributed by atoms with van der Waals surface area (Å²) in [5.74, 6) is -1.63. The van der Waals surface area contributed by atoms with Gasteiger partial charge in [0.05, 0.1) is 0 Å². The van der Waals surface area contributed by atoms with E-state index in [1.54, 1.807) is 0 Å². The molecule has 0 bridgehead atoms. The van der Waals surface area contributed by atoms with Crippen LogP contribution in [0.3, 0.4) is 0 Å². The minimum Gasteiger partial charge on any atom is -0.366 e. The quantitative estimate of drug-likeness (QED) is 0.267. The molecule has 0 unspecified atom stereocenters. The molecule has 0 aromatic heterocycles. The molecule has 9 N–H and O–H groups in total. The molecule has 0 aliphatic heterocycles. The van der Waals surface area contributed by atoms with E-state index in [0.29, 0.717) is 11.4 Å². The molecule has 3 aromatic rings. The van der Waals surface area contributed by atoms with Crippen LogP contribution in [-0.4, -0.2) is 36.8 Å². The monoisotopic (exact) mass is 489 g/mol. The third kappa shape index (κ3) is 6.81. The number of primary amides is 2. The molecule has 0 radical (unpaired) electrons. The minimum absolute atomic E-state index is 0.183. The maximum atomic E-state index is 12.5. The van der Waals surface area contributed by atoms with E-state index in [1.165, 1.54) is 73.8 Å². The summed E-state index contributed by atoms with van der Waals surface area (Å²) in [6, 6.07) is 15.0. The Morgan fingerprint density at radius 3 is 1.22 bits per heavy atom. The van der Waals surface area contributed by atoms with Crippen LogP contribution in [-0.2, 0) is 0 Å². The number of carbonyl (C=O) groups is 5. The average Bonchev–Trinajstić information content (AvgIpc) is 2.83. The van der Waals surface area contributed by atoms with E-state index in [2.05, 4.69) is 26.6 Å². The Hall–Kier alpha value is -5.39.